The van der Waals surface area contributed by atoms with Crippen molar-refractivity contribution in [3.05, 3.63) is 76.7 Å². The van der Waals surface area contributed by atoms with Crippen molar-refractivity contribution < 1.29 is 18.0 Å². The standard InChI is InChI=1S/C30H37F3N8O/c1-17(2)39-14-25-12-24(39)15-40(25)23-10-21(30(31,32)33)9-22(11-23)37-29(42)20-7-6-18(3)28(8-20)41(35)16-27(34)26-13-36-38(5)19(26)4/h6-11,13,16-17,24-25H,12,14-15,34-35H2,1-5H3,(H,37,42)/b27-16-. The van der Waals surface area contributed by atoms with Crippen LogP contribution in [0, 0.1) is 13.8 Å². The van der Waals surface area contributed by atoms with Gasteiger partial charge in [0.2, 0.25) is 0 Å². The number of alkyl halides is 3. The van der Waals surface area contributed by atoms with Gasteiger partial charge < -0.3 is 16.0 Å². The van der Waals surface area contributed by atoms with Crippen LogP contribution in [0.4, 0.5) is 30.2 Å². The summed E-state index contributed by atoms with van der Waals surface area (Å²) in [7, 11) is 1.81. The first kappa shape index (κ1) is 29.5. The number of hydrazine groups is 1. The van der Waals surface area contributed by atoms with E-state index in [0.29, 0.717) is 35.7 Å². The van der Waals surface area contributed by atoms with E-state index >= 15 is 0 Å². The average Bonchev–Trinajstić information content (AvgIpc) is 3.63. The summed E-state index contributed by atoms with van der Waals surface area (Å²) in [5.74, 6) is 5.76. The predicted molar refractivity (Wildman–Crippen MR) is 159 cm³/mol. The summed E-state index contributed by atoms with van der Waals surface area (Å²) >= 11 is 0. The molecule has 1 aromatic heterocycles. The number of hydrogen-bond acceptors (Lipinski definition) is 7. The van der Waals surface area contributed by atoms with E-state index in [-0.39, 0.29) is 17.3 Å². The highest BCUT2D eigenvalue weighted by Crippen LogP contribution is 2.40. The van der Waals surface area contributed by atoms with Gasteiger partial charge in [-0.1, -0.05) is 6.07 Å². The van der Waals surface area contributed by atoms with E-state index in [2.05, 4.69) is 29.2 Å². The van der Waals surface area contributed by atoms with Crippen LogP contribution in [0.15, 0.2) is 48.8 Å². The molecule has 42 heavy (non-hydrogen) atoms. The number of aryl methyl sites for hydroxylation is 2. The Labute approximate surface area is 243 Å². The van der Waals surface area contributed by atoms with Crippen molar-refractivity contribution in [1.29, 1.82) is 0 Å². The molecule has 2 aliphatic rings. The van der Waals surface area contributed by atoms with E-state index in [1.165, 1.54) is 17.3 Å². The fraction of sp³-hybridized carbons (Fsp3) is 0.400. The number of carbonyl (C=O) groups is 1. The van der Waals surface area contributed by atoms with Crippen LogP contribution in [0.25, 0.3) is 5.70 Å². The Morgan fingerprint density at radius 2 is 1.88 bits per heavy atom. The minimum absolute atomic E-state index is 0.0798. The number of halogens is 3. The number of benzene rings is 2. The molecule has 5 rings (SSSR count). The highest BCUT2D eigenvalue weighted by atomic mass is 19.4. The Kier molecular flexibility index (Phi) is 7.71. The second-order valence-electron chi connectivity index (χ2n) is 11.5. The number of rotatable bonds is 7. The fourth-order valence-corrected chi connectivity index (χ4v) is 5.96. The summed E-state index contributed by atoms with van der Waals surface area (Å²) in [6.07, 6.45) is -0.467. The number of likely N-dealkylation sites (tertiary alicyclic amines) is 1. The molecule has 12 heteroatoms. The number of anilines is 3. The van der Waals surface area contributed by atoms with Crippen LogP contribution in [-0.2, 0) is 13.2 Å². The molecule has 2 atom stereocenters. The first-order valence-electron chi connectivity index (χ1n) is 13.9. The molecule has 2 aromatic carbocycles. The number of hydrogen-bond donors (Lipinski definition) is 3. The number of amides is 1. The largest absolute Gasteiger partial charge is 0.416 e. The molecule has 0 saturated carbocycles. The number of nitrogens with zero attached hydrogens (tertiary/aromatic N) is 5. The Morgan fingerprint density at radius 1 is 1.14 bits per heavy atom. The van der Waals surface area contributed by atoms with Crippen LogP contribution in [0.5, 0.6) is 0 Å². The van der Waals surface area contributed by atoms with Gasteiger partial charge in [-0.25, -0.2) is 5.84 Å². The molecule has 3 aromatic rings. The van der Waals surface area contributed by atoms with Gasteiger partial charge in [0.05, 0.1) is 23.1 Å². The van der Waals surface area contributed by atoms with Gasteiger partial charge >= 0.3 is 6.18 Å². The van der Waals surface area contributed by atoms with Gasteiger partial charge in [-0.2, -0.15) is 18.3 Å². The Bertz CT molecular complexity index is 1530. The Morgan fingerprint density at radius 3 is 2.48 bits per heavy atom. The van der Waals surface area contributed by atoms with Gasteiger partial charge in [-0.15, -0.1) is 0 Å². The molecule has 2 bridgehead atoms. The molecule has 1 amide bonds. The van der Waals surface area contributed by atoms with Crippen molar-refractivity contribution in [1.82, 2.24) is 14.7 Å². The van der Waals surface area contributed by atoms with Crippen molar-refractivity contribution in [2.24, 2.45) is 18.6 Å². The van der Waals surface area contributed by atoms with E-state index in [1.807, 2.05) is 18.7 Å². The van der Waals surface area contributed by atoms with Crippen LogP contribution >= 0.6 is 0 Å². The van der Waals surface area contributed by atoms with Crippen LogP contribution < -0.4 is 26.8 Å². The zero-order valence-electron chi connectivity index (χ0n) is 24.4. The second-order valence-corrected chi connectivity index (χ2v) is 11.5. The number of aromatic nitrogens is 2. The third-order valence-corrected chi connectivity index (χ3v) is 8.35. The van der Waals surface area contributed by atoms with Crippen LogP contribution in [-0.4, -0.2) is 51.8 Å². The second kappa shape index (κ2) is 11.0. The maximum Gasteiger partial charge on any atom is 0.416 e. The minimum Gasteiger partial charge on any atom is -0.397 e. The van der Waals surface area contributed by atoms with Crippen molar-refractivity contribution in [2.75, 3.05) is 28.3 Å². The van der Waals surface area contributed by atoms with Crippen molar-refractivity contribution in [2.45, 2.75) is 58.4 Å². The zero-order chi connectivity index (χ0) is 30.5. The van der Waals surface area contributed by atoms with E-state index in [9.17, 15) is 18.0 Å². The monoisotopic (exact) mass is 582 g/mol. The molecule has 3 heterocycles. The smallest absolute Gasteiger partial charge is 0.397 e. The molecule has 0 radical (unpaired) electrons. The van der Waals surface area contributed by atoms with Gasteiger partial charge in [0, 0.05) is 72.7 Å². The topological polar surface area (TPSA) is 109 Å². The molecular weight excluding hydrogens is 545 g/mol. The quantitative estimate of drug-likeness (QED) is 0.276. The highest BCUT2D eigenvalue weighted by Gasteiger charge is 2.44. The number of nitrogens with two attached hydrogens (primary N) is 2. The molecule has 2 aliphatic heterocycles. The molecule has 2 unspecified atom stereocenters. The molecule has 224 valence electrons. The summed E-state index contributed by atoms with van der Waals surface area (Å²) < 4.78 is 43.4. The van der Waals surface area contributed by atoms with Gasteiger partial charge in [0.25, 0.3) is 5.91 Å². The first-order valence-corrected chi connectivity index (χ1v) is 13.9. The fourth-order valence-electron chi connectivity index (χ4n) is 5.96. The van der Waals surface area contributed by atoms with E-state index in [0.717, 1.165) is 35.9 Å². The molecule has 0 aliphatic carbocycles. The van der Waals surface area contributed by atoms with Gasteiger partial charge in [-0.3, -0.25) is 19.4 Å². The number of carbonyl (C=O) groups excluding carboxylic acids is 1. The Hall–Kier alpha value is -4.03. The lowest BCUT2D eigenvalue weighted by atomic mass is 10.1. The molecule has 5 N–H and O–H groups in total. The normalized spacial score (nSPS) is 19.2. The summed E-state index contributed by atoms with van der Waals surface area (Å²) in [6.45, 7) is 9.45. The lowest BCUT2D eigenvalue weighted by Gasteiger charge is -2.38. The van der Waals surface area contributed by atoms with Gasteiger partial charge in [-0.05, 0) is 70.0 Å². The van der Waals surface area contributed by atoms with E-state index in [1.54, 1.807) is 42.2 Å². The molecule has 2 saturated heterocycles. The summed E-state index contributed by atoms with van der Waals surface area (Å²) in [5.41, 5.74) is 9.51. The third-order valence-electron chi connectivity index (χ3n) is 8.35. The van der Waals surface area contributed by atoms with Crippen LogP contribution in [0.2, 0.25) is 0 Å². The lowest BCUT2D eigenvalue weighted by molar-refractivity contribution is -0.137. The third kappa shape index (κ3) is 5.68. The molecular formula is C30H37F3N8O. The van der Waals surface area contributed by atoms with E-state index in [4.69, 9.17) is 11.6 Å². The average molecular weight is 583 g/mol. The van der Waals surface area contributed by atoms with Gasteiger partial charge in [0.15, 0.2) is 0 Å². The van der Waals surface area contributed by atoms with E-state index < -0.39 is 17.6 Å². The maximum absolute atomic E-state index is 13.9. The molecule has 2 fully saturated rings. The SMILES string of the molecule is Cc1ccc(C(=O)Nc2cc(N3CC4CC3CN4C(C)C)cc(C(F)(F)F)c2)cc1N(N)/C=C(\N)c1cnn(C)c1C. The lowest BCUT2D eigenvalue weighted by Crippen LogP contribution is -2.49. The summed E-state index contributed by atoms with van der Waals surface area (Å²) in [5, 5.41) is 8.19. The molecule has 9 nitrogen and oxygen atoms in total. The van der Waals surface area contributed by atoms with Crippen molar-refractivity contribution in [3.63, 3.8) is 0 Å². The molecule has 0 spiro atoms. The minimum atomic E-state index is -4.56. The zero-order valence-corrected chi connectivity index (χ0v) is 24.4. The maximum atomic E-state index is 13.9. The highest BCUT2D eigenvalue weighted by molar-refractivity contribution is 6.05. The predicted octanol–water partition coefficient (Wildman–Crippen LogP) is 4.62. The number of piperazine rings is 1. The van der Waals surface area contributed by atoms with Crippen molar-refractivity contribution >= 4 is 28.7 Å². The first-order chi connectivity index (χ1) is 19.7. The number of fused-ring (bicyclic) bond motifs is 2. The summed E-state index contributed by atoms with van der Waals surface area (Å²) in [6, 6.07) is 9.50. The van der Waals surface area contributed by atoms with Crippen LogP contribution in [0.3, 0.4) is 0 Å². The number of nitrogens with one attached hydrogen (secondary N) is 1. The van der Waals surface area contributed by atoms with Crippen molar-refractivity contribution in [3.8, 4) is 0 Å². The Balaban J connectivity index is 1.39. The van der Waals surface area contributed by atoms with Gasteiger partial charge in [0.1, 0.15) is 0 Å². The van der Waals surface area contributed by atoms with Crippen LogP contribution in [0.1, 0.15) is 53.0 Å². The summed E-state index contributed by atoms with van der Waals surface area (Å²) in [4.78, 5) is 17.7.